The highest BCUT2D eigenvalue weighted by atomic mass is 19.4. The zero-order valence-corrected chi connectivity index (χ0v) is 20.3. The van der Waals surface area contributed by atoms with Gasteiger partial charge in [-0.05, 0) is 31.2 Å². The normalized spacial score (nSPS) is 29.6. The molecule has 2 bridgehead atoms. The third-order valence-corrected chi connectivity index (χ3v) is 7.93. The summed E-state index contributed by atoms with van der Waals surface area (Å²) in [5.41, 5.74) is -2.92. The molecule has 3 aliphatic heterocycles. The van der Waals surface area contributed by atoms with Crippen molar-refractivity contribution in [2.75, 3.05) is 11.5 Å². The lowest BCUT2D eigenvalue weighted by Crippen LogP contribution is -2.49. The molecule has 0 saturated carbocycles. The number of nitrogens with zero attached hydrogens (tertiary/aromatic N) is 5. The molecule has 1 aromatic carbocycles. The lowest BCUT2D eigenvalue weighted by atomic mass is 9.66. The number of nitriles is 1. The number of aliphatic hydroxyl groups excluding tert-OH is 1. The van der Waals surface area contributed by atoms with E-state index in [1.807, 2.05) is 0 Å². The van der Waals surface area contributed by atoms with Crippen molar-refractivity contribution in [2.24, 2.45) is 11.8 Å². The maximum atomic E-state index is 13.9. The SMILES string of the molecule is C[C@@]12O[C@@](CCOc3cc(C(F)(F)F)ncn3)(C[C@H]1O)[C@@H]1C(=O)N(c3ccc(C#N)c4ncccc34)C(=O)[C@@H]12. The summed E-state index contributed by atoms with van der Waals surface area (Å²) >= 11 is 0. The first kappa shape index (κ1) is 25.1. The van der Waals surface area contributed by atoms with E-state index >= 15 is 0 Å². The molecule has 2 amide bonds. The summed E-state index contributed by atoms with van der Waals surface area (Å²) in [5, 5.41) is 20.8. The van der Waals surface area contributed by atoms with Crippen LogP contribution in [-0.4, -0.2) is 55.8 Å². The van der Waals surface area contributed by atoms with Crippen LogP contribution in [0.4, 0.5) is 18.9 Å². The van der Waals surface area contributed by atoms with Crippen LogP contribution in [0.15, 0.2) is 42.9 Å². The molecule has 1 N–H and O–H groups in total. The van der Waals surface area contributed by atoms with Gasteiger partial charge in [0.1, 0.15) is 18.0 Å². The molecule has 3 aromatic rings. The summed E-state index contributed by atoms with van der Waals surface area (Å²) in [5.74, 6) is -3.34. The topological polar surface area (TPSA) is 139 Å². The van der Waals surface area contributed by atoms with Crippen LogP contribution < -0.4 is 9.64 Å². The Kier molecular flexibility index (Phi) is 5.43. The second kappa shape index (κ2) is 8.42. The van der Waals surface area contributed by atoms with Crippen molar-refractivity contribution in [3.05, 3.63) is 54.1 Å². The van der Waals surface area contributed by atoms with Crippen molar-refractivity contribution in [2.45, 2.75) is 43.2 Å². The van der Waals surface area contributed by atoms with Crippen LogP contribution in [0.1, 0.15) is 31.0 Å². The monoisotopic (exact) mass is 539 g/mol. The van der Waals surface area contributed by atoms with Gasteiger partial charge in [0.05, 0.1) is 46.9 Å². The molecule has 0 radical (unpaired) electrons. The summed E-state index contributed by atoms with van der Waals surface area (Å²) in [7, 11) is 0. The largest absolute Gasteiger partial charge is 0.477 e. The quantitative estimate of drug-likeness (QED) is 0.485. The number of pyridine rings is 1. The van der Waals surface area contributed by atoms with Crippen molar-refractivity contribution in [3.63, 3.8) is 0 Å². The smallest absolute Gasteiger partial charge is 0.433 e. The minimum Gasteiger partial charge on any atom is -0.477 e. The van der Waals surface area contributed by atoms with Gasteiger partial charge in [-0.3, -0.25) is 14.6 Å². The average Bonchev–Trinajstić information content (AvgIpc) is 3.44. The molecule has 5 heterocycles. The van der Waals surface area contributed by atoms with Crippen molar-refractivity contribution < 1.29 is 37.3 Å². The number of carbonyl (C=O) groups excluding carboxylic acids is 2. The third kappa shape index (κ3) is 3.59. The number of amides is 2. The molecule has 39 heavy (non-hydrogen) atoms. The van der Waals surface area contributed by atoms with Crippen LogP contribution in [0.25, 0.3) is 10.9 Å². The number of ether oxygens (including phenoxy) is 2. The van der Waals surface area contributed by atoms with E-state index < -0.39 is 52.8 Å². The van der Waals surface area contributed by atoms with Crippen molar-refractivity contribution in [3.8, 4) is 11.9 Å². The van der Waals surface area contributed by atoms with E-state index in [0.717, 1.165) is 11.2 Å². The number of aromatic nitrogens is 3. The van der Waals surface area contributed by atoms with E-state index in [1.54, 1.807) is 19.1 Å². The van der Waals surface area contributed by atoms with Crippen molar-refractivity contribution >= 4 is 28.4 Å². The van der Waals surface area contributed by atoms with Crippen LogP contribution in [0, 0.1) is 23.2 Å². The molecule has 3 aliphatic rings. The number of rotatable bonds is 5. The Bertz CT molecular complexity index is 1580. The molecule has 0 spiro atoms. The minimum absolute atomic E-state index is 0.00864. The molecule has 6 rings (SSSR count). The fraction of sp³-hybridized carbons (Fsp3) is 0.385. The summed E-state index contributed by atoms with van der Waals surface area (Å²) in [4.78, 5) is 39.9. The Labute approximate surface area is 219 Å². The average molecular weight is 539 g/mol. The van der Waals surface area contributed by atoms with Crippen LogP contribution in [0.3, 0.4) is 0 Å². The van der Waals surface area contributed by atoms with E-state index in [9.17, 15) is 33.1 Å². The fourth-order valence-corrected chi connectivity index (χ4v) is 6.21. The van der Waals surface area contributed by atoms with Gasteiger partial charge in [0.2, 0.25) is 17.7 Å². The van der Waals surface area contributed by atoms with Crippen LogP contribution in [-0.2, 0) is 20.5 Å². The highest BCUT2D eigenvalue weighted by molar-refractivity contribution is 6.26. The number of hydrogen-bond acceptors (Lipinski definition) is 9. The van der Waals surface area contributed by atoms with E-state index in [0.29, 0.717) is 17.0 Å². The zero-order valence-electron chi connectivity index (χ0n) is 20.3. The van der Waals surface area contributed by atoms with Crippen LogP contribution in [0.2, 0.25) is 0 Å². The van der Waals surface area contributed by atoms with E-state index in [-0.39, 0.29) is 36.6 Å². The maximum absolute atomic E-state index is 13.9. The Morgan fingerprint density at radius 3 is 2.72 bits per heavy atom. The predicted molar refractivity (Wildman–Crippen MR) is 126 cm³/mol. The first-order valence-electron chi connectivity index (χ1n) is 12.1. The van der Waals surface area contributed by atoms with Gasteiger partial charge in [0, 0.05) is 30.5 Å². The minimum atomic E-state index is -4.68. The van der Waals surface area contributed by atoms with Crippen molar-refractivity contribution in [1.29, 1.82) is 5.26 Å². The number of fused-ring (bicyclic) bond motifs is 6. The van der Waals surface area contributed by atoms with Gasteiger partial charge >= 0.3 is 6.18 Å². The lowest BCUT2D eigenvalue weighted by Gasteiger charge is -2.33. The van der Waals surface area contributed by atoms with E-state index in [2.05, 4.69) is 21.0 Å². The van der Waals surface area contributed by atoms with Gasteiger partial charge < -0.3 is 14.6 Å². The van der Waals surface area contributed by atoms with Gasteiger partial charge in [0.15, 0.2) is 5.69 Å². The molecule has 0 aliphatic carbocycles. The van der Waals surface area contributed by atoms with E-state index in [1.165, 1.54) is 18.3 Å². The van der Waals surface area contributed by atoms with Gasteiger partial charge in [-0.25, -0.2) is 14.9 Å². The highest BCUT2D eigenvalue weighted by Gasteiger charge is 2.77. The molecule has 10 nitrogen and oxygen atoms in total. The Morgan fingerprint density at radius 2 is 1.97 bits per heavy atom. The Morgan fingerprint density at radius 1 is 1.21 bits per heavy atom. The molecule has 200 valence electrons. The second-order valence-electron chi connectivity index (χ2n) is 10.0. The number of halogens is 3. The summed E-state index contributed by atoms with van der Waals surface area (Å²) < 4.78 is 50.7. The predicted octanol–water partition coefficient (Wildman–Crippen LogP) is 2.78. The molecule has 13 heteroatoms. The third-order valence-electron chi connectivity index (χ3n) is 7.93. The summed E-state index contributed by atoms with van der Waals surface area (Å²) in [6.07, 6.45) is -3.45. The first-order chi connectivity index (χ1) is 18.5. The van der Waals surface area contributed by atoms with Gasteiger partial charge in [0.25, 0.3) is 0 Å². The van der Waals surface area contributed by atoms with Crippen LogP contribution in [0.5, 0.6) is 5.88 Å². The number of imide groups is 1. The van der Waals surface area contributed by atoms with Crippen LogP contribution >= 0.6 is 0 Å². The van der Waals surface area contributed by atoms with Gasteiger partial charge in [-0.15, -0.1) is 0 Å². The molecular weight excluding hydrogens is 519 g/mol. The molecule has 0 unspecified atom stereocenters. The van der Waals surface area contributed by atoms with Gasteiger partial charge in [-0.1, -0.05) is 0 Å². The highest BCUT2D eigenvalue weighted by Crippen LogP contribution is 2.62. The number of aliphatic hydroxyl groups is 1. The summed E-state index contributed by atoms with van der Waals surface area (Å²) in [6, 6.07) is 9.02. The molecular formula is C26H20F3N5O5. The molecule has 3 fully saturated rings. The number of anilines is 1. The number of alkyl halides is 3. The van der Waals surface area contributed by atoms with E-state index in [4.69, 9.17) is 9.47 Å². The maximum Gasteiger partial charge on any atom is 0.433 e. The molecule has 3 saturated heterocycles. The van der Waals surface area contributed by atoms with Crippen molar-refractivity contribution in [1.82, 2.24) is 15.0 Å². The second-order valence-corrected chi connectivity index (χ2v) is 10.0. The Balaban J connectivity index is 1.32. The number of hydrogen-bond donors (Lipinski definition) is 1. The van der Waals surface area contributed by atoms with Gasteiger partial charge in [-0.2, -0.15) is 18.4 Å². The standard InChI is InChI=1S/C26H20F3N5O5/c1-24-17(35)10-25(39-24,6-8-38-18-9-16(26(27,28)29)32-12-33-18)20-19(24)22(36)34(23(20)37)15-5-4-13(11-30)21-14(15)3-2-7-31-21/h2-5,7,9,12,17,19-20,35H,6,8,10H2,1H3/t17-,19-,20+,24-,25+/m1/s1. The first-order valence-corrected chi connectivity index (χ1v) is 12.1. The number of benzene rings is 1. The fourth-order valence-electron chi connectivity index (χ4n) is 6.21. The zero-order chi connectivity index (χ0) is 27.7. The molecule has 5 atom stereocenters. The molecule has 2 aromatic heterocycles. The number of carbonyl (C=O) groups is 2. The lowest BCUT2D eigenvalue weighted by molar-refractivity contribution is -0.141. The Hall–Kier alpha value is -4.15. The summed E-state index contributed by atoms with van der Waals surface area (Å²) in [6.45, 7) is 1.39.